The normalized spacial score (nSPS) is 28.6. The standard InChI is InChI=1S/C16H29N3O2.ClH/c1-2-8-18-15(20)13-6-4-9-19(11-13)16(21)12-5-3-7-14(17)10-12;/h12-14H,2-11,17H2,1H3,(H,18,20);1H. The summed E-state index contributed by atoms with van der Waals surface area (Å²) in [6.45, 7) is 4.15. The summed E-state index contributed by atoms with van der Waals surface area (Å²) in [6, 6.07) is 0.168. The van der Waals surface area contributed by atoms with E-state index in [-0.39, 0.29) is 42.1 Å². The van der Waals surface area contributed by atoms with E-state index in [9.17, 15) is 9.59 Å². The van der Waals surface area contributed by atoms with Gasteiger partial charge in [-0.05, 0) is 38.5 Å². The van der Waals surface area contributed by atoms with Crippen LogP contribution < -0.4 is 11.1 Å². The predicted octanol–water partition coefficient (Wildman–Crippen LogP) is 1.69. The minimum Gasteiger partial charge on any atom is -0.356 e. The molecule has 0 aromatic carbocycles. The van der Waals surface area contributed by atoms with Crippen LogP contribution in [0.3, 0.4) is 0 Å². The molecule has 1 aliphatic heterocycles. The molecule has 1 aliphatic carbocycles. The number of nitrogens with one attached hydrogen (secondary N) is 1. The van der Waals surface area contributed by atoms with Crippen LogP contribution in [0.25, 0.3) is 0 Å². The topological polar surface area (TPSA) is 75.4 Å². The summed E-state index contributed by atoms with van der Waals surface area (Å²) in [5, 5.41) is 2.95. The van der Waals surface area contributed by atoms with E-state index in [0.29, 0.717) is 6.54 Å². The molecule has 6 heteroatoms. The summed E-state index contributed by atoms with van der Waals surface area (Å²) < 4.78 is 0. The van der Waals surface area contributed by atoms with E-state index < -0.39 is 0 Å². The third-order valence-corrected chi connectivity index (χ3v) is 4.72. The minimum absolute atomic E-state index is 0. The van der Waals surface area contributed by atoms with Crippen molar-refractivity contribution >= 4 is 24.2 Å². The Hall–Kier alpha value is -0.810. The largest absolute Gasteiger partial charge is 0.356 e. The molecule has 0 radical (unpaired) electrons. The minimum atomic E-state index is -0.0356. The molecule has 3 unspecified atom stereocenters. The smallest absolute Gasteiger partial charge is 0.225 e. The molecule has 0 aromatic heterocycles. The zero-order valence-electron chi connectivity index (χ0n) is 13.6. The highest BCUT2D eigenvalue weighted by Gasteiger charge is 2.33. The maximum Gasteiger partial charge on any atom is 0.225 e. The van der Waals surface area contributed by atoms with Crippen molar-refractivity contribution in [3.05, 3.63) is 0 Å². The molecule has 0 bridgehead atoms. The van der Waals surface area contributed by atoms with Gasteiger partial charge in [-0.2, -0.15) is 0 Å². The van der Waals surface area contributed by atoms with Gasteiger partial charge >= 0.3 is 0 Å². The molecule has 3 N–H and O–H groups in total. The Labute approximate surface area is 139 Å². The fraction of sp³-hybridized carbons (Fsp3) is 0.875. The van der Waals surface area contributed by atoms with Crippen LogP contribution in [0.2, 0.25) is 0 Å². The van der Waals surface area contributed by atoms with Crippen LogP contribution in [0.5, 0.6) is 0 Å². The van der Waals surface area contributed by atoms with Gasteiger partial charge in [-0.1, -0.05) is 13.3 Å². The van der Waals surface area contributed by atoms with Crippen molar-refractivity contribution in [2.24, 2.45) is 17.6 Å². The monoisotopic (exact) mass is 331 g/mol. The lowest BCUT2D eigenvalue weighted by molar-refractivity contribution is -0.140. The predicted molar refractivity (Wildman–Crippen MR) is 89.8 cm³/mol. The molecule has 2 amide bonds. The molecule has 2 aliphatic rings. The van der Waals surface area contributed by atoms with Gasteiger partial charge in [0, 0.05) is 31.6 Å². The van der Waals surface area contributed by atoms with E-state index in [4.69, 9.17) is 5.73 Å². The number of hydrogen-bond donors (Lipinski definition) is 2. The molecule has 1 saturated heterocycles. The van der Waals surface area contributed by atoms with Crippen molar-refractivity contribution in [3.63, 3.8) is 0 Å². The number of carbonyl (C=O) groups excluding carboxylic acids is 2. The van der Waals surface area contributed by atoms with E-state index >= 15 is 0 Å². The van der Waals surface area contributed by atoms with Crippen LogP contribution >= 0.6 is 12.4 Å². The Morgan fingerprint density at radius 1 is 1.18 bits per heavy atom. The quantitative estimate of drug-likeness (QED) is 0.823. The number of halogens is 1. The van der Waals surface area contributed by atoms with Crippen LogP contribution in [-0.4, -0.2) is 42.4 Å². The van der Waals surface area contributed by atoms with Gasteiger partial charge in [0.2, 0.25) is 11.8 Å². The van der Waals surface area contributed by atoms with E-state index in [1.165, 1.54) is 0 Å². The summed E-state index contributed by atoms with van der Waals surface area (Å²) in [5.41, 5.74) is 5.99. The first kappa shape index (κ1) is 19.2. The van der Waals surface area contributed by atoms with Crippen molar-refractivity contribution in [1.29, 1.82) is 0 Å². The molecule has 2 fully saturated rings. The lowest BCUT2D eigenvalue weighted by atomic mass is 9.84. The molecule has 5 nitrogen and oxygen atoms in total. The summed E-state index contributed by atoms with van der Waals surface area (Å²) in [5.74, 6) is 0.366. The van der Waals surface area contributed by atoms with Crippen LogP contribution in [0.4, 0.5) is 0 Å². The first-order chi connectivity index (χ1) is 10.1. The summed E-state index contributed by atoms with van der Waals surface area (Å²) in [7, 11) is 0. The van der Waals surface area contributed by atoms with Crippen molar-refractivity contribution in [2.75, 3.05) is 19.6 Å². The molecule has 0 aromatic rings. The van der Waals surface area contributed by atoms with E-state index in [2.05, 4.69) is 5.32 Å². The first-order valence-electron chi connectivity index (χ1n) is 8.44. The Bertz CT molecular complexity index is 378. The van der Waals surface area contributed by atoms with Gasteiger partial charge in [0.25, 0.3) is 0 Å². The average molecular weight is 332 g/mol. The third-order valence-electron chi connectivity index (χ3n) is 4.72. The highest BCUT2D eigenvalue weighted by Crippen LogP contribution is 2.27. The molecule has 22 heavy (non-hydrogen) atoms. The van der Waals surface area contributed by atoms with Gasteiger partial charge in [-0.15, -0.1) is 12.4 Å². The number of rotatable bonds is 4. The number of hydrogen-bond acceptors (Lipinski definition) is 3. The maximum absolute atomic E-state index is 12.6. The highest BCUT2D eigenvalue weighted by atomic mass is 35.5. The van der Waals surface area contributed by atoms with Crippen molar-refractivity contribution < 1.29 is 9.59 Å². The zero-order chi connectivity index (χ0) is 15.2. The Morgan fingerprint density at radius 3 is 2.59 bits per heavy atom. The van der Waals surface area contributed by atoms with Crippen molar-refractivity contribution in [3.8, 4) is 0 Å². The lowest BCUT2D eigenvalue weighted by Gasteiger charge is -2.36. The molecule has 1 heterocycles. The second kappa shape index (κ2) is 9.36. The van der Waals surface area contributed by atoms with Gasteiger partial charge in [-0.3, -0.25) is 9.59 Å². The van der Waals surface area contributed by atoms with Gasteiger partial charge < -0.3 is 16.0 Å². The Kier molecular flexibility index (Phi) is 8.18. The first-order valence-corrected chi connectivity index (χ1v) is 8.44. The Morgan fingerprint density at radius 2 is 1.91 bits per heavy atom. The van der Waals surface area contributed by atoms with Crippen LogP contribution in [0, 0.1) is 11.8 Å². The molecular formula is C16H30ClN3O2. The highest BCUT2D eigenvalue weighted by molar-refractivity contribution is 5.85. The summed E-state index contributed by atoms with van der Waals surface area (Å²) in [4.78, 5) is 26.6. The van der Waals surface area contributed by atoms with Crippen LogP contribution in [-0.2, 0) is 9.59 Å². The summed E-state index contributed by atoms with van der Waals surface area (Å²) >= 11 is 0. The summed E-state index contributed by atoms with van der Waals surface area (Å²) in [6.07, 6.45) is 6.61. The van der Waals surface area contributed by atoms with Gasteiger partial charge in [0.1, 0.15) is 0 Å². The fourth-order valence-electron chi connectivity index (χ4n) is 3.49. The van der Waals surface area contributed by atoms with Crippen molar-refractivity contribution in [2.45, 2.75) is 57.9 Å². The van der Waals surface area contributed by atoms with E-state index in [1.807, 2.05) is 11.8 Å². The fourth-order valence-corrected chi connectivity index (χ4v) is 3.49. The Balaban J connectivity index is 0.00000242. The maximum atomic E-state index is 12.6. The number of piperidine rings is 1. The lowest BCUT2D eigenvalue weighted by Crippen LogP contribution is -2.48. The van der Waals surface area contributed by atoms with Crippen LogP contribution in [0.15, 0.2) is 0 Å². The van der Waals surface area contributed by atoms with Gasteiger partial charge in [0.05, 0.1) is 5.92 Å². The number of carbonyl (C=O) groups is 2. The van der Waals surface area contributed by atoms with E-state index in [1.54, 1.807) is 0 Å². The van der Waals surface area contributed by atoms with Crippen molar-refractivity contribution in [1.82, 2.24) is 10.2 Å². The average Bonchev–Trinajstić information content (AvgIpc) is 2.52. The number of nitrogens with two attached hydrogens (primary N) is 1. The number of nitrogens with zero attached hydrogens (tertiary/aromatic N) is 1. The molecular weight excluding hydrogens is 302 g/mol. The molecule has 128 valence electrons. The molecule has 3 atom stereocenters. The molecule has 2 rings (SSSR count). The molecule has 0 spiro atoms. The number of amides is 2. The van der Waals surface area contributed by atoms with Crippen LogP contribution in [0.1, 0.15) is 51.9 Å². The SMILES string of the molecule is CCCNC(=O)C1CCCN(C(=O)C2CCCC(N)C2)C1.Cl. The van der Waals surface area contributed by atoms with Gasteiger partial charge in [-0.25, -0.2) is 0 Å². The second-order valence-electron chi connectivity index (χ2n) is 6.54. The molecule has 1 saturated carbocycles. The van der Waals surface area contributed by atoms with Gasteiger partial charge in [0.15, 0.2) is 0 Å². The third kappa shape index (κ3) is 5.13. The number of likely N-dealkylation sites (tertiary alicyclic amines) is 1. The second-order valence-corrected chi connectivity index (χ2v) is 6.54. The zero-order valence-corrected chi connectivity index (χ0v) is 14.4. The van der Waals surface area contributed by atoms with E-state index in [0.717, 1.165) is 58.0 Å².